The second kappa shape index (κ2) is 5.59. The largest absolute Gasteiger partial charge is 0.221 e. The molecule has 0 spiro atoms. The third-order valence-electron chi connectivity index (χ3n) is 4.38. The predicted octanol–water partition coefficient (Wildman–Crippen LogP) is 5.13. The molecule has 2 nitrogen and oxygen atoms in total. The van der Waals surface area contributed by atoms with Crippen LogP contribution in [0.1, 0.15) is 41.8 Å². The van der Waals surface area contributed by atoms with E-state index >= 15 is 0 Å². The van der Waals surface area contributed by atoms with Gasteiger partial charge in [0.05, 0.1) is 10.6 Å². The van der Waals surface area contributed by atoms with Crippen molar-refractivity contribution in [2.24, 2.45) is 0 Å². The van der Waals surface area contributed by atoms with E-state index in [0.717, 1.165) is 28.2 Å². The summed E-state index contributed by atoms with van der Waals surface area (Å²) in [7, 11) is 0. The lowest BCUT2D eigenvalue weighted by Gasteiger charge is -2.30. The van der Waals surface area contributed by atoms with Gasteiger partial charge in [0.15, 0.2) is 0 Å². The molecule has 1 saturated heterocycles. The molecule has 1 fully saturated rings. The van der Waals surface area contributed by atoms with Crippen LogP contribution in [0.5, 0.6) is 0 Å². The van der Waals surface area contributed by atoms with Gasteiger partial charge in [0.25, 0.3) is 0 Å². The SMILES string of the molecule is CC1SCC(c2nc(Cl)c3c4c(sc3n2)CCC4)SC1C. The van der Waals surface area contributed by atoms with E-state index in [1.807, 2.05) is 34.9 Å². The minimum absolute atomic E-state index is 0.375. The van der Waals surface area contributed by atoms with Crippen LogP contribution in [0.2, 0.25) is 5.15 Å². The summed E-state index contributed by atoms with van der Waals surface area (Å²) in [5, 5.41) is 3.52. The van der Waals surface area contributed by atoms with E-state index in [2.05, 4.69) is 18.8 Å². The van der Waals surface area contributed by atoms with Crippen molar-refractivity contribution >= 4 is 56.7 Å². The smallest absolute Gasteiger partial charge is 0.145 e. The van der Waals surface area contributed by atoms with Crippen LogP contribution in [-0.4, -0.2) is 26.2 Å². The van der Waals surface area contributed by atoms with Crippen molar-refractivity contribution in [3.05, 3.63) is 21.4 Å². The molecule has 0 bridgehead atoms. The van der Waals surface area contributed by atoms with E-state index in [-0.39, 0.29) is 0 Å². The zero-order valence-electron chi connectivity index (χ0n) is 12.1. The number of thiophene rings is 1. The Kier molecular flexibility index (Phi) is 3.89. The van der Waals surface area contributed by atoms with Crippen molar-refractivity contribution in [3.8, 4) is 0 Å². The monoisotopic (exact) mass is 356 g/mol. The molecule has 2 aliphatic rings. The van der Waals surface area contributed by atoms with Gasteiger partial charge in [-0.05, 0) is 24.8 Å². The molecule has 0 saturated carbocycles. The van der Waals surface area contributed by atoms with Crippen LogP contribution in [0.15, 0.2) is 0 Å². The van der Waals surface area contributed by atoms with E-state index in [1.54, 1.807) is 0 Å². The molecule has 1 aliphatic carbocycles. The molecule has 4 rings (SSSR count). The fourth-order valence-corrected chi connectivity index (χ4v) is 7.49. The summed E-state index contributed by atoms with van der Waals surface area (Å²) in [4.78, 5) is 12.1. The summed E-state index contributed by atoms with van der Waals surface area (Å²) in [5.41, 5.74) is 1.42. The lowest BCUT2D eigenvalue weighted by molar-refractivity contribution is 0.866. The van der Waals surface area contributed by atoms with Gasteiger partial charge in [-0.15, -0.1) is 23.1 Å². The molecule has 0 N–H and O–H groups in total. The third-order valence-corrected chi connectivity index (χ3v) is 9.22. The lowest BCUT2D eigenvalue weighted by atomic mass is 10.2. The summed E-state index contributed by atoms with van der Waals surface area (Å²) < 4.78 is 0. The highest BCUT2D eigenvalue weighted by molar-refractivity contribution is 8.07. The van der Waals surface area contributed by atoms with Gasteiger partial charge in [0.2, 0.25) is 0 Å². The highest BCUT2D eigenvalue weighted by atomic mass is 35.5. The minimum atomic E-state index is 0.375. The lowest BCUT2D eigenvalue weighted by Crippen LogP contribution is -2.23. The van der Waals surface area contributed by atoms with Gasteiger partial charge < -0.3 is 0 Å². The second-order valence-corrected chi connectivity index (χ2v) is 10.2. The van der Waals surface area contributed by atoms with Gasteiger partial charge in [-0.3, -0.25) is 0 Å². The summed E-state index contributed by atoms with van der Waals surface area (Å²) in [5.74, 6) is 2.02. The standard InChI is InChI=1S/C15H17ClN2S3/c1-7-8(2)20-11(6-19-7)14-17-13(16)12-9-4-3-5-10(9)21-15(12)18-14/h7-8,11H,3-6H2,1-2H3. The molecule has 1 aliphatic heterocycles. The molecular weight excluding hydrogens is 340 g/mol. The van der Waals surface area contributed by atoms with Gasteiger partial charge in [0, 0.05) is 21.1 Å². The van der Waals surface area contributed by atoms with Crippen LogP contribution >= 0.6 is 46.5 Å². The minimum Gasteiger partial charge on any atom is -0.221 e. The van der Waals surface area contributed by atoms with Gasteiger partial charge in [-0.2, -0.15) is 11.8 Å². The van der Waals surface area contributed by atoms with Crippen molar-refractivity contribution in [3.63, 3.8) is 0 Å². The average Bonchev–Trinajstić information content (AvgIpc) is 3.01. The van der Waals surface area contributed by atoms with Crippen molar-refractivity contribution in [1.29, 1.82) is 0 Å². The summed E-state index contributed by atoms with van der Waals surface area (Å²) in [6.45, 7) is 4.60. The Morgan fingerprint density at radius 2 is 2.00 bits per heavy atom. The van der Waals surface area contributed by atoms with Crippen LogP contribution in [0.25, 0.3) is 10.2 Å². The Balaban J connectivity index is 1.74. The van der Waals surface area contributed by atoms with Crippen molar-refractivity contribution in [2.75, 3.05) is 5.75 Å². The van der Waals surface area contributed by atoms with Crippen LogP contribution in [0.4, 0.5) is 0 Å². The molecule has 3 atom stereocenters. The number of halogens is 1. The first-order valence-electron chi connectivity index (χ1n) is 7.38. The van der Waals surface area contributed by atoms with E-state index in [0.29, 0.717) is 20.9 Å². The molecule has 112 valence electrons. The fraction of sp³-hybridized carbons (Fsp3) is 0.600. The van der Waals surface area contributed by atoms with Crippen LogP contribution < -0.4 is 0 Å². The summed E-state index contributed by atoms with van der Waals surface area (Å²) in [6, 6.07) is 0. The maximum Gasteiger partial charge on any atom is 0.145 e. The molecule has 3 unspecified atom stereocenters. The number of aryl methyl sites for hydroxylation is 2. The predicted molar refractivity (Wildman–Crippen MR) is 96.2 cm³/mol. The first-order chi connectivity index (χ1) is 10.1. The number of fused-ring (bicyclic) bond motifs is 3. The van der Waals surface area contributed by atoms with Crippen molar-refractivity contribution in [2.45, 2.75) is 48.9 Å². The van der Waals surface area contributed by atoms with Gasteiger partial charge in [-0.25, -0.2) is 9.97 Å². The molecule has 2 aromatic heterocycles. The Hall–Kier alpha value is 0.0300. The maximum absolute atomic E-state index is 6.51. The molecule has 0 radical (unpaired) electrons. The molecule has 2 aromatic rings. The van der Waals surface area contributed by atoms with Crippen molar-refractivity contribution < 1.29 is 0 Å². The summed E-state index contributed by atoms with van der Waals surface area (Å²) >= 11 is 12.4. The fourth-order valence-electron chi connectivity index (χ4n) is 3.03. The first-order valence-corrected chi connectivity index (χ1v) is 10.6. The second-order valence-electron chi connectivity index (χ2n) is 5.78. The maximum atomic E-state index is 6.51. The zero-order valence-corrected chi connectivity index (χ0v) is 15.3. The van der Waals surface area contributed by atoms with E-state index in [1.165, 1.54) is 23.3 Å². The van der Waals surface area contributed by atoms with Gasteiger partial charge in [-0.1, -0.05) is 25.4 Å². The number of hydrogen-bond acceptors (Lipinski definition) is 5. The number of rotatable bonds is 1. The van der Waals surface area contributed by atoms with Crippen LogP contribution in [-0.2, 0) is 12.8 Å². The number of nitrogens with zero attached hydrogens (tertiary/aromatic N) is 2. The quantitative estimate of drug-likeness (QED) is 0.661. The first kappa shape index (κ1) is 14.6. The van der Waals surface area contributed by atoms with Crippen molar-refractivity contribution in [1.82, 2.24) is 9.97 Å². The number of thioether (sulfide) groups is 2. The number of hydrogen-bond donors (Lipinski definition) is 0. The van der Waals surface area contributed by atoms with E-state index in [9.17, 15) is 0 Å². The van der Waals surface area contributed by atoms with Gasteiger partial charge in [0.1, 0.15) is 15.8 Å². The van der Waals surface area contributed by atoms with Crippen LogP contribution in [0, 0.1) is 0 Å². The third kappa shape index (κ3) is 2.50. The Labute approximate surface area is 142 Å². The molecule has 0 amide bonds. The van der Waals surface area contributed by atoms with E-state index < -0.39 is 0 Å². The molecular formula is C15H17ClN2S3. The number of aromatic nitrogens is 2. The van der Waals surface area contributed by atoms with Gasteiger partial charge >= 0.3 is 0 Å². The zero-order chi connectivity index (χ0) is 14.6. The Morgan fingerprint density at radius 1 is 1.14 bits per heavy atom. The Morgan fingerprint density at radius 3 is 2.81 bits per heavy atom. The summed E-state index contributed by atoms with van der Waals surface area (Å²) in [6.07, 6.45) is 3.57. The molecule has 21 heavy (non-hydrogen) atoms. The Bertz CT molecular complexity index is 700. The molecule has 6 heteroatoms. The molecule has 0 aromatic carbocycles. The van der Waals surface area contributed by atoms with E-state index in [4.69, 9.17) is 16.6 Å². The topological polar surface area (TPSA) is 25.8 Å². The highest BCUT2D eigenvalue weighted by Gasteiger charge is 2.30. The molecule has 3 heterocycles. The normalized spacial score (nSPS) is 29.0. The average molecular weight is 357 g/mol. The highest BCUT2D eigenvalue weighted by Crippen LogP contribution is 2.45. The van der Waals surface area contributed by atoms with Crippen LogP contribution in [0.3, 0.4) is 0 Å².